The number of rotatable bonds is 7. The van der Waals surface area contributed by atoms with Crippen molar-refractivity contribution in [3.8, 4) is 0 Å². The monoisotopic (exact) mass is 493 g/mol. The second kappa shape index (κ2) is 10.6. The van der Waals surface area contributed by atoms with Crippen molar-refractivity contribution in [2.24, 2.45) is 5.73 Å². The van der Waals surface area contributed by atoms with Gasteiger partial charge in [-0.1, -0.05) is 58.4 Å². The Labute approximate surface area is 195 Å². The van der Waals surface area contributed by atoms with Crippen LogP contribution in [-0.2, 0) is 4.79 Å². The Morgan fingerprint density at radius 1 is 0.906 bits per heavy atom. The normalized spacial score (nSPS) is 12.3. The summed E-state index contributed by atoms with van der Waals surface area (Å²) in [5.41, 5.74) is 8.13. The van der Waals surface area contributed by atoms with Gasteiger partial charge in [0.2, 0.25) is 5.91 Å². The maximum absolute atomic E-state index is 13.1. The van der Waals surface area contributed by atoms with Gasteiger partial charge in [-0.3, -0.25) is 10.2 Å². The number of carbonyl (C=O) groups is 2. The minimum atomic E-state index is -0.887. The standard InChI is InChI=1S/C24H24BrN5O2/c1-15(18-8-5-9-19(25)14-18)28-23(31)21(16-6-3-2-4-7-16)30-24(32)29-20-12-10-17(11-13-20)22(26)27/h2-15,21H,1H3,(H3,26,27)(H,28,31)(H2,29,30,32)/t15-,21?/m0/s1. The van der Waals surface area contributed by atoms with Gasteiger partial charge < -0.3 is 21.7 Å². The molecule has 0 radical (unpaired) electrons. The Kier molecular flexibility index (Phi) is 7.62. The summed E-state index contributed by atoms with van der Waals surface area (Å²) < 4.78 is 0.920. The molecule has 0 bridgehead atoms. The van der Waals surface area contributed by atoms with Crippen LogP contribution in [0.4, 0.5) is 10.5 Å². The van der Waals surface area contributed by atoms with Crippen molar-refractivity contribution in [1.82, 2.24) is 10.6 Å². The predicted octanol–water partition coefficient (Wildman–Crippen LogP) is 4.47. The molecule has 0 spiro atoms. The molecule has 2 atom stereocenters. The maximum Gasteiger partial charge on any atom is 0.320 e. The van der Waals surface area contributed by atoms with E-state index in [1.165, 1.54) is 0 Å². The van der Waals surface area contributed by atoms with Gasteiger partial charge in [-0.05, 0) is 54.4 Å². The number of nitrogens with one attached hydrogen (secondary N) is 4. The smallest absolute Gasteiger partial charge is 0.320 e. The maximum atomic E-state index is 13.1. The lowest BCUT2D eigenvalue weighted by atomic mass is 10.0. The summed E-state index contributed by atoms with van der Waals surface area (Å²) in [5, 5.41) is 15.9. The predicted molar refractivity (Wildman–Crippen MR) is 129 cm³/mol. The number of amides is 3. The molecule has 0 saturated heterocycles. The van der Waals surface area contributed by atoms with Crippen molar-refractivity contribution < 1.29 is 9.59 Å². The van der Waals surface area contributed by atoms with Crippen molar-refractivity contribution in [1.29, 1.82) is 5.41 Å². The third-order valence-corrected chi connectivity index (χ3v) is 5.32. The van der Waals surface area contributed by atoms with Crippen molar-refractivity contribution in [3.63, 3.8) is 0 Å². The molecule has 8 heteroatoms. The van der Waals surface area contributed by atoms with Crippen LogP contribution in [0.5, 0.6) is 0 Å². The van der Waals surface area contributed by atoms with E-state index in [4.69, 9.17) is 11.1 Å². The van der Waals surface area contributed by atoms with Gasteiger partial charge >= 0.3 is 6.03 Å². The molecule has 32 heavy (non-hydrogen) atoms. The molecule has 1 unspecified atom stereocenters. The average Bonchev–Trinajstić information content (AvgIpc) is 2.78. The lowest BCUT2D eigenvalue weighted by Gasteiger charge is -2.22. The number of nitrogen functional groups attached to an aromatic ring is 1. The van der Waals surface area contributed by atoms with E-state index < -0.39 is 12.1 Å². The van der Waals surface area contributed by atoms with E-state index in [0.717, 1.165) is 10.0 Å². The molecule has 0 aromatic heterocycles. The molecule has 0 aliphatic rings. The Hall–Kier alpha value is -3.65. The summed E-state index contributed by atoms with van der Waals surface area (Å²) in [6.45, 7) is 1.89. The van der Waals surface area contributed by atoms with Crippen LogP contribution in [-0.4, -0.2) is 17.8 Å². The number of halogens is 1. The molecular weight excluding hydrogens is 470 g/mol. The Morgan fingerprint density at radius 3 is 2.19 bits per heavy atom. The number of urea groups is 1. The zero-order valence-corrected chi connectivity index (χ0v) is 19.0. The number of nitrogens with two attached hydrogens (primary N) is 1. The topological polar surface area (TPSA) is 120 Å². The van der Waals surface area contributed by atoms with E-state index in [2.05, 4.69) is 31.9 Å². The Balaban J connectivity index is 1.73. The Morgan fingerprint density at radius 2 is 1.56 bits per heavy atom. The van der Waals surface area contributed by atoms with Crippen molar-refractivity contribution >= 4 is 39.4 Å². The van der Waals surface area contributed by atoms with Crippen LogP contribution >= 0.6 is 15.9 Å². The van der Waals surface area contributed by atoms with Crippen molar-refractivity contribution in [2.45, 2.75) is 19.0 Å². The van der Waals surface area contributed by atoms with Gasteiger partial charge in [0, 0.05) is 15.7 Å². The highest BCUT2D eigenvalue weighted by Crippen LogP contribution is 2.20. The van der Waals surface area contributed by atoms with Crippen molar-refractivity contribution in [2.75, 3.05) is 5.32 Å². The number of anilines is 1. The summed E-state index contributed by atoms with van der Waals surface area (Å²) in [4.78, 5) is 25.8. The molecule has 0 aliphatic heterocycles. The molecule has 0 heterocycles. The molecule has 3 aromatic rings. The number of hydrogen-bond donors (Lipinski definition) is 5. The van der Waals surface area contributed by atoms with Crippen LogP contribution in [0.1, 0.15) is 35.7 Å². The summed E-state index contributed by atoms with van der Waals surface area (Å²) in [7, 11) is 0. The molecule has 3 aromatic carbocycles. The summed E-state index contributed by atoms with van der Waals surface area (Å²) >= 11 is 3.44. The quantitative estimate of drug-likeness (QED) is 0.246. The zero-order valence-electron chi connectivity index (χ0n) is 17.4. The summed E-state index contributed by atoms with van der Waals surface area (Å²) in [6.07, 6.45) is 0. The largest absolute Gasteiger partial charge is 0.384 e. The van der Waals surface area contributed by atoms with Gasteiger partial charge in [-0.2, -0.15) is 0 Å². The van der Waals surface area contributed by atoms with E-state index in [1.54, 1.807) is 36.4 Å². The van der Waals surface area contributed by atoms with Gasteiger partial charge in [-0.15, -0.1) is 0 Å². The molecule has 3 rings (SSSR count). The van der Waals surface area contributed by atoms with Crippen molar-refractivity contribution in [3.05, 3.63) is 100 Å². The summed E-state index contributed by atoms with van der Waals surface area (Å²) in [5.74, 6) is -0.382. The third kappa shape index (κ3) is 6.18. The SMILES string of the molecule is C[C@H](NC(=O)C(NC(=O)Nc1ccc(C(=N)N)cc1)c1ccccc1)c1cccc(Br)c1. The molecule has 6 N–H and O–H groups in total. The first kappa shape index (κ1) is 23.0. The third-order valence-electron chi connectivity index (χ3n) is 4.83. The first-order valence-corrected chi connectivity index (χ1v) is 10.8. The van der Waals surface area contributed by atoms with E-state index in [-0.39, 0.29) is 17.8 Å². The van der Waals surface area contributed by atoms with Crippen LogP contribution in [0.3, 0.4) is 0 Å². The second-order valence-corrected chi connectivity index (χ2v) is 8.13. The van der Waals surface area contributed by atoms with Gasteiger partial charge in [0.1, 0.15) is 11.9 Å². The van der Waals surface area contributed by atoms with Gasteiger partial charge in [-0.25, -0.2) is 4.79 Å². The van der Waals surface area contributed by atoms with E-state index in [9.17, 15) is 9.59 Å². The highest BCUT2D eigenvalue weighted by atomic mass is 79.9. The van der Waals surface area contributed by atoms with E-state index in [0.29, 0.717) is 16.8 Å². The highest BCUT2D eigenvalue weighted by Gasteiger charge is 2.24. The fourth-order valence-electron chi connectivity index (χ4n) is 3.13. The molecule has 3 amide bonds. The lowest BCUT2D eigenvalue weighted by Crippen LogP contribution is -2.42. The Bertz CT molecular complexity index is 1100. The van der Waals surface area contributed by atoms with Gasteiger partial charge in [0.15, 0.2) is 0 Å². The minimum absolute atomic E-state index is 0.0543. The van der Waals surface area contributed by atoms with Crippen LogP contribution in [0.25, 0.3) is 0 Å². The molecule has 0 saturated carbocycles. The van der Waals surface area contributed by atoms with Crippen LogP contribution in [0.2, 0.25) is 0 Å². The van der Waals surface area contributed by atoms with E-state index >= 15 is 0 Å². The van der Waals surface area contributed by atoms with Crippen LogP contribution < -0.4 is 21.7 Å². The molecule has 7 nitrogen and oxygen atoms in total. The fourth-order valence-corrected chi connectivity index (χ4v) is 3.55. The number of carbonyl (C=O) groups excluding carboxylic acids is 2. The van der Waals surface area contributed by atoms with E-state index in [1.807, 2.05) is 49.4 Å². The molecular formula is C24H24BrN5O2. The number of hydrogen-bond acceptors (Lipinski definition) is 3. The zero-order chi connectivity index (χ0) is 23.1. The highest BCUT2D eigenvalue weighted by molar-refractivity contribution is 9.10. The second-order valence-electron chi connectivity index (χ2n) is 7.22. The van der Waals surface area contributed by atoms with Gasteiger partial charge in [0.05, 0.1) is 6.04 Å². The lowest BCUT2D eigenvalue weighted by molar-refractivity contribution is -0.123. The fraction of sp³-hybridized carbons (Fsp3) is 0.125. The summed E-state index contributed by atoms with van der Waals surface area (Å²) in [6, 6.07) is 21.6. The molecule has 0 fully saturated rings. The number of amidine groups is 1. The van der Waals surface area contributed by atoms with Gasteiger partial charge in [0.25, 0.3) is 0 Å². The van der Waals surface area contributed by atoms with Crippen LogP contribution in [0, 0.1) is 5.41 Å². The number of benzene rings is 3. The molecule has 164 valence electrons. The average molecular weight is 494 g/mol. The molecule has 0 aliphatic carbocycles. The first-order chi connectivity index (χ1) is 15.3. The minimum Gasteiger partial charge on any atom is -0.384 e. The van der Waals surface area contributed by atoms with Crippen LogP contribution in [0.15, 0.2) is 83.3 Å². The first-order valence-electron chi connectivity index (χ1n) is 9.96.